The van der Waals surface area contributed by atoms with Gasteiger partial charge >= 0.3 is 11.9 Å². The Labute approximate surface area is 151 Å². The zero-order valence-electron chi connectivity index (χ0n) is 16.2. The van der Waals surface area contributed by atoms with Crippen molar-refractivity contribution in [2.75, 3.05) is 13.2 Å². The third kappa shape index (κ3) is 6.52. The fourth-order valence-corrected chi connectivity index (χ4v) is 2.75. The Morgan fingerprint density at radius 1 is 0.960 bits per heavy atom. The number of rotatable bonds is 10. The lowest BCUT2D eigenvalue weighted by Crippen LogP contribution is -2.40. The predicted octanol–water partition coefficient (Wildman–Crippen LogP) is 4.51. The zero-order valence-corrected chi connectivity index (χ0v) is 16.2. The van der Waals surface area contributed by atoms with Crippen molar-refractivity contribution in [3.63, 3.8) is 0 Å². The standard InChI is InChI=1S/C21H32O4/c1-6-12-21(18-10-8-7-9-11-18,20(23)25-15-17(4)5)13-19(22)24-14-16(2)3/h7-11,16-17H,6,12-15H2,1-5H3. The van der Waals surface area contributed by atoms with Crippen molar-refractivity contribution in [2.45, 2.75) is 59.3 Å². The molecule has 1 atom stereocenters. The molecule has 0 saturated heterocycles. The Bertz CT molecular complexity index is 536. The summed E-state index contributed by atoms with van der Waals surface area (Å²) in [6.45, 7) is 10.7. The summed E-state index contributed by atoms with van der Waals surface area (Å²) in [5, 5.41) is 0. The van der Waals surface area contributed by atoms with E-state index in [1.807, 2.05) is 65.0 Å². The van der Waals surface area contributed by atoms with E-state index in [1.165, 1.54) is 0 Å². The summed E-state index contributed by atoms with van der Waals surface area (Å²) in [6.07, 6.45) is 1.32. The molecule has 0 aromatic heterocycles. The summed E-state index contributed by atoms with van der Waals surface area (Å²) in [4.78, 5) is 25.4. The minimum atomic E-state index is -0.987. The molecule has 0 fully saturated rings. The minimum Gasteiger partial charge on any atom is -0.465 e. The van der Waals surface area contributed by atoms with Crippen molar-refractivity contribution in [3.8, 4) is 0 Å². The fourth-order valence-electron chi connectivity index (χ4n) is 2.75. The second kappa shape index (κ2) is 10.2. The molecule has 0 amide bonds. The Morgan fingerprint density at radius 3 is 2.04 bits per heavy atom. The monoisotopic (exact) mass is 348 g/mol. The van der Waals surface area contributed by atoms with Gasteiger partial charge in [0.05, 0.1) is 19.6 Å². The molecule has 0 aliphatic carbocycles. The molecule has 0 spiro atoms. The summed E-state index contributed by atoms with van der Waals surface area (Å²) >= 11 is 0. The van der Waals surface area contributed by atoms with Gasteiger partial charge in [-0.1, -0.05) is 71.4 Å². The largest absolute Gasteiger partial charge is 0.465 e. The molecule has 1 rings (SSSR count). The van der Waals surface area contributed by atoms with Crippen LogP contribution in [-0.4, -0.2) is 25.2 Å². The summed E-state index contributed by atoms with van der Waals surface area (Å²) in [5.41, 5.74) is -0.175. The van der Waals surface area contributed by atoms with E-state index in [4.69, 9.17) is 9.47 Å². The summed E-state index contributed by atoms with van der Waals surface area (Å²) in [5.74, 6) is -0.190. The molecule has 0 radical (unpaired) electrons. The van der Waals surface area contributed by atoms with Gasteiger partial charge in [0.15, 0.2) is 0 Å². The second-order valence-electron chi connectivity index (χ2n) is 7.44. The van der Waals surface area contributed by atoms with Crippen LogP contribution in [0.15, 0.2) is 30.3 Å². The highest BCUT2D eigenvalue weighted by atomic mass is 16.5. The highest BCUT2D eigenvalue weighted by Crippen LogP contribution is 2.35. The average Bonchev–Trinajstić information content (AvgIpc) is 2.58. The van der Waals surface area contributed by atoms with E-state index in [2.05, 4.69) is 0 Å². The molecule has 25 heavy (non-hydrogen) atoms. The number of carbonyl (C=O) groups excluding carboxylic acids is 2. The molecular weight excluding hydrogens is 316 g/mol. The maximum Gasteiger partial charge on any atom is 0.317 e. The van der Waals surface area contributed by atoms with Crippen molar-refractivity contribution >= 4 is 11.9 Å². The highest BCUT2D eigenvalue weighted by Gasteiger charge is 2.43. The van der Waals surface area contributed by atoms with E-state index in [0.29, 0.717) is 19.6 Å². The molecule has 0 bridgehead atoms. The van der Waals surface area contributed by atoms with E-state index in [9.17, 15) is 9.59 Å². The number of esters is 2. The van der Waals surface area contributed by atoms with Gasteiger partial charge in [-0.15, -0.1) is 0 Å². The second-order valence-corrected chi connectivity index (χ2v) is 7.44. The quantitative estimate of drug-likeness (QED) is 0.584. The van der Waals surface area contributed by atoms with Crippen LogP contribution in [0.1, 0.15) is 59.4 Å². The van der Waals surface area contributed by atoms with Crippen LogP contribution in [0, 0.1) is 11.8 Å². The average molecular weight is 348 g/mol. The highest BCUT2D eigenvalue weighted by molar-refractivity contribution is 5.88. The van der Waals surface area contributed by atoms with Gasteiger partial charge in [0.25, 0.3) is 0 Å². The van der Waals surface area contributed by atoms with Crippen LogP contribution in [0.5, 0.6) is 0 Å². The van der Waals surface area contributed by atoms with Gasteiger partial charge < -0.3 is 9.47 Å². The van der Waals surface area contributed by atoms with Gasteiger partial charge in [-0.3, -0.25) is 9.59 Å². The third-order valence-corrected chi connectivity index (χ3v) is 3.97. The van der Waals surface area contributed by atoms with E-state index in [-0.39, 0.29) is 30.2 Å². The van der Waals surface area contributed by atoms with Gasteiger partial charge in [-0.25, -0.2) is 0 Å². The topological polar surface area (TPSA) is 52.6 Å². The van der Waals surface area contributed by atoms with Crippen LogP contribution < -0.4 is 0 Å². The van der Waals surface area contributed by atoms with Crippen molar-refractivity contribution < 1.29 is 19.1 Å². The minimum absolute atomic E-state index is 0.00843. The lowest BCUT2D eigenvalue weighted by atomic mass is 9.74. The maximum atomic E-state index is 13.0. The van der Waals surface area contributed by atoms with Crippen molar-refractivity contribution in [3.05, 3.63) is 35.9 Å². The first-order chi connectivity index (χ1) is 11.8. The summed E-state index contributed by atoms with van der Waals surface area (Å²) in [6, 6.07) is 9.45. The third-order valence-electron chi connectivity index (χ3n) is 3.97. The van der Waals surface area contributed by atoms with Crippen molar-refractivity contribution in [2.24, 2.45) is 11.8 Å². The lowest BCUT2D eigenvalue weighted by molar-refractivity contribution is -0.159. The van der Waals surface area contributed by atoms with Crippen LogP contribution in [0.3, 0.4) is 0 Å². The van der Waals surface area contributed by atoms with E-state index < -0.39 is 5.41 Å². The molecule has 0 N–H and O–H groups in total. The molecule has 0 aliphatic heterocycles. The first-order valence-electron chi connectivity index (χ1n) is 9.20. The first kappa shape index (κ1) is 21.2. The van der Waals surface area contributed by atoms with Crippen molar-refractivity contribution in [1.82, 2.24) is 0 Å². The Balaban J connectivity index is 3.12. The molecule has 0 saturated carbocycles. The number of hydrogen-bond donors (Lipinski definition) is 0. The molecule has 4 nitrogen and oxygen atoms in total. The molecule has 0 heterocycles. The fraction of sp³-hybridized carbons (Fsp3) is 0.619. The van der Waals surface area contributed by atoms with Crippen LogP contribution in [0.2, 0.25) is 0 Å². The van der Waals surface area contributed by atoms with Gasteiger partial charge in [0.2, 0.25) is 0 Å². The molecule has 1 unspecified atom stereocenters. The summed E-state index contributed by atoms with van der Waals surface area (Å²) < 4.78 is 10.9. The van der Waals surface area contributed by atoms with Crippen molar-refractivity contribution in [1.29, 1.82) is 0 Å². The smallest absolute Gasteiger partial charge is 0.317 e. The van der Waals surface area contributed by atoms with Crippen LogP contribution in [0.4, 0.5) is 0 Å². The molecule has 0 aliphatic rings. The van der Waals surface area contributed by atoms with Crippen LogP contribution in [0.25, 0.3) is 0 Å². The zero-order chi connectivity index (χ0) is 18.9. The molecule has 1 aromatic carbocycles. The number of carbonyl (C=O) groups is 2. The molecule has 1 aromatic rings. The van der Waals surface area contributed by atoms with Gasteiger partial charge in [0, 0.05) is 0 Å². The first-order valence-corrected chi connectivity index (χ1v) is 9.20. The SMILES string of the molecule is CCCC(CC(=O)OCC(C)C)(C(=O)OCC(C)C)c1ccccc1. The molecule has 140 valence electrons. The normalized spacial score (nSPS) is 13.6. The summed E-state index contributed by atoms with van der Waals surface area (Å²) in [7, 11) is 0. The van der Waals surface area contributed by atoms with Gasteiger partial charge in [0.1, 0.15) is 5.41 Å². The van der Waals surface area contributed by atoms with E-state index in [0.717, 1.165) is 12.0 Å². The van der Waals surface area contributed by atoms with E-state index in [1.54, 1.807) is 0 Å². The molecular formula is C21H32O4. The maximum absolute atomic E-state index is 13.0. The van der Waals surface area contributed by atoms with Crippen LogP contribution in [-0.2, 0) is 24.5 Å². The predicted molar refractivity (Wildman–Crippen MR) is 99.2 cm³/mol. The number of benzene rings is 1. The Kier molecular flexibility index (Phi) is 8.67. The Hall–Kier alpha value is -1.84. The number of ether oxygens (including phenoxy) is 2. The lowest BCUT2D eigenvalue weighted by Gasteiger charge is -2.31. The number of hydrogen-bond acceptors (Lipinski definition) is 4. The van der Waals surface area contributed by atoms with Crippen LogP contribution >= 0.6 is 0 Å². The Morgan fingerprint density at radius 2 is 1.52 bits per heavy atom. The van der Waals surface area contributed by atoms with Gasteiger partial charge in [-0.05, 0) is 23.8 Å². The van der Waals surface area contributed by atoms with Gasteiger partial charge in [-0.2, -0.15) is 0 Å². The molecule has 4 heteroatoms. The van der Waals surface area contributed by atoms with E-state index >= 15 is 0 Å².